The highest BCUT2D eigenvalue weighted by atomic mass is 32.2. The molecular formula is C18H21NO4S. The van der Waals surface area contributed by atoms with Crippen LogP contribution in [0.2, 0.25) is 0 Å². The third kappa shape index (κ3) is 3.30. The van der Waals surface area contributed by atoms with Gasteiger partial charge in [-0.3, -0.25) is 4.79 Å². The van der Waals surface area contributed by atoms with E-state index in [1.165, 1.54) is 42.5 Å². The molecule has 1 aliphatic carbocycles. The maximum Gasteiger partial charge on any atom is 0.243 e. The number of hydrogen-bond acceptors (Lipinski definition) is 4. The fraction of sp³-hybridized carbons (Fsp3) is 0.389. The Labute approximate surface area is 142 Å². The lowest BCUT2D eigenvalue weighted by molar-refractivity contribution is 0.101. The maximum absolute atomic E-state index is 12.6. The number of ketones is 1. The lowest BCUT2D eigenvalue weighted by atomic mass is 10.2. The highest BCUT2D eigenvalue weighted by molar-refractivity contribution is 7.89. The number of nitrogens with zero attached hydrogens (tertiary/aromatic N) is 1. The Balaban J connectivity index is 1.74. The van der Waals surface area contributed by atoms with Gasteiger partial charge >= 0.3 is 0 Å². The number of furan rings is 1. The van der Waals surface area contributed by atoms with Crippen molar-refractivity contribution in [3.8, 4) is 0 Å². The Morgan fingerprint density at radius 3 is 2.38 bits per heavy atom. The van der Waals surface area contributed by atoms with E-state index in [1.54, 1.807) is 0 Å². The molecule has 0 spiro atoms. The molecule has 1 aromatic carbocycles. The van der Waals surface area contributed by atoms with Gasteiger partial charge in [-0.25, -0.2) is 8.42 Å². The topological polar surface area (TPSA) is 67.6 Å². The monoisotopic (exact) mass is 347 g/mol. The molecule has 5 nitrogen and oxygen atoms in total. The molecule has 2 atom stereocenters. The van der Waals surface area contributed by atoms with Crippen molar-refractivity contribution >= 4 is 15.8 Å². The largest absolute Gasteiger partial charge is 0.464 e. The molecule has 1 heterocycles. The van der Waals surface area contributed by atoms with Gasteiger partial charge in [-0.2, -0.15) is 4.31 Å². The molecule has 0 radical (unpaired) electrons. The van der Waals surface area contributed by atoms with Gasteiger partial charge in [-0.05, 0) is 43.5 Å². The summed E-state index contributed by atoms with van der Waals surface area (Å²) in [5.74, 6) is 2.60. The van der Waals surface area contributed by atoms with E-state index in [1.807, 2.05) is 12.1 Å². The van der Waals surface area contributed by atoms with E-state index in [2.05, 4.69) is 6.92 Å². The van der Waals surface area contributed by atoms with Gasteiger partial charge < -0.3 is 4.42 Å². The molecule has 24 heavy (non-hydrogen) atoms. The number of sulfonamides is 1. The Kier molecular flexibility index (Phi) is 4.36. The van der Waals surface area contributed by atoms with Crippen molar-refractivity contribution in [3.63, 3.8) is 0 Å². The molecule has 0 N–H and O–H groups in total. The molecule has 6 heteroatoms. The first-order valence-corrected chi connectivity index (χ1v) is 9.39. The number of carbonyl (C=O) groups is 1. The van der Waals surface area contributed by atoms with Crippen LogP contribution in [0.4, 0.5) is 0 Å². The summed E-state index contributed by atoms with van der Waals surface area (Å²) in [6.45, 7) is 3.80. The first-order chi connectivity index (χ1) is 11.3. The van der Waals surface area contributed by atoms with Crippen LogP contribution in [0.1, 0.15) is 48.1 Å². The lowest BCUT2D eigenvalue weighted by Gasteiger charge is -2.16. The van der Waals surface area contributed by atoms with E-state index in [0.717, 1.165) is 12.2 Å². The van der Waals surface area contributed by atoms with Gasteiger partial charge in [0.15, 0.2) is 5.78 Å². The van der Waals surface area contributed by atoms with Gasteiger partial charge in [0.1, 0.15) is 11.5 Å². The second-order valence-electron chi connectivity index (χ2n) is 6.47. The average Bonchev–Trinajstić information content (AvgIpc) is 3.09. The number of carbonyl (C=O) groups excluding carboxylic acids is 1. The second-order valence-corrected chi connectivity index (χ2v) is 8.51. The quantitative estimate of drug-likeness (QED) is 0.751. The van der Waals surface area contributed by atoms with Crippen LogP contribution in [0.15, 0.2) is 45.7 Å². The average molecular weight is 347 g/mol. The summed E-state index contributed by atoms with van der Waals surface area (Å²) < 4.78 is 32.3. The second kappa shape index (κ2) is 6.18. The first kappa shape index (κ1) is 16.9. The number of Topliss-reactive ketones (excluding diaryl/α,β-unsaturated/α-hetero) is 1. The lowest BCUT2D eigenvalue weighted by Crippen LogP contribution is -2.26. The molecule has 1 saturated carbocycles. The molecule has 128 valence electrons. The summed E-state index contributed by atoms with van der Waals surface area (Å²) in [6, 6.07) is 9.76. The predicted octanol–water partition coefficient (Wildman–Crippen LogP) is 3.43. The van der Waals surface area contributed by atoms with Crippen LogP contribution >= 0.6 is 0 Å². The smallest absolute Gasteiger partial charge is 0.243 e. The minimum atomic E-state index is -3.62. The van der Waals surface area contributed by atoms with Crippen LogP contribution in [0.3, 0.4) is 0 Å². The SMILES string of the molecule is CC(=O)c1ccc(S(=O)(=O)N(C)Cc2ccc(C3CC3C)o2)cc1. The molecule has 0 bridgehead atoms. The van der Waals surface area contributed by atoms with E-state index < -0.39 is 10.0 Å². The molecule has 1 fully saturated rings. The van der Waals surface area contributed by atoms with Crippen LogP contribution in [0, 0.1) is 5.92 Å². The minimum absolute atomic E-state index is 0.0929. The molecule has 1 aromatic heterocycles. The maximum atomic E-state index is 12.6. The van der Waals surface area contributed by atoms with Crippen molar-refractivity contribution in [2.24, 2.45) is 5.92 Å². The van der Waals surface area contributed by atoms with Crippen LogP contribution < -0.4 is 0 Å². The van der Waals surface area contributed by atoms with E-state index in [4.69, 9.17) is 4.42 Å². The van der Waals surface area contributed by atoms with E-state index >= 15 is 0 Å². The third-order valence-corrected chi connectivity index (χ3v) is 6.32. The van der Waals surface area contributed by atoms with Crippen LogP contribution in [-0.4, -0.2) is 25.6 Å². The Hall–Kier alpha value is -1.92. The Bertz CT molecular complexity index is 851. The summed E-state index contributed by atoms with van der Waals surface area (Å²) in [5, 5.41) is 0. The molecule has 2 aromatic rings. The highest BCUT2D eigenvalue weighted by Crippen LogP contribution is 2.47. The van der Waals surface area contributed by atoms with E-state index in [-0.39, 0.29) is 17.2 Å². The number of rotatable bonds is 6. The highest BCUT2D eigenvalue weighted by Gasteiger charge is 2.36. The van der Waals surface area contributed by atoms with Gasteiger partial charge in [-0.1, -0.05) is 19.1 Å². The Morgan fingerprint density at radius 1 is 1.21 bits per heavy atom. The van der Waals surface area contributed by atoms with Crippen molar-refractivity contribution in [1.29, 1.82) is 0 Å². The van der Waals surface area contributed by atoms with Gasteiger partial charge in [0.2, 0.25) is 10.0 Å². The minimum Gasteiger partial charge on any atom is -0.464 e. The number of hydrogen-bond donors (Lipinski definition) is 0. The van der Waals surface area contributed by atoms with Crippen molar-refractivity contribution in [2.75, 3.05) is 7.05 Å². The standard InChI is InChI=1S/C18H21NO4S/c1-12-10-17(12)18-9-6-15(23-18)11-19(3)24(21,22)16-7-4-14(5-8-16)13(2)20/h4-9,12,17H,10-11H2,1-3H3. The molecule has 2 unspecified atom stereocenters. The first-order valence-electron chi connectivity index (χ1n) is 7.95. The molecule has 0 amide bonds. The zero-order chi connectivity index (χ0) is 17.5. The zero-order valence-electron chi connectivity index (χ0n) is 14.0. The van der Waals surface area contributed by atoms with Crippen LogP contribution in [0.5, 0.6) is 0 Å². The zero-order valence-corrected chi connectivity index (χ0v) is 14.8. The molecular weight excluding hydrogens is 326 g/mol. The molecule has 3 rings (SSSR count). The number of benzene rings is 1. The summed E-state index contributed by atoms with van der Waals surface area (Å²) in [5.41, 5.74) is 0.492. The van der Waals surface area contributed by atoms with Gasteiger partial charge in [0, 0.05) is 18.5 Å². The van der Waals surface area contributed by atoms with Gasteiger partial charge in [0.05, 0.1) is 11.4 Å². The van der Waals surface area contributed by atoms with Crippen molar-refractivity contribution < 1.29 is 17.6 Å². The summed E-state index contributed by atoms with van der Waals surface area (Å²) in [7, 11) is -2.10. The fourth-order valence-corrected chi connectivity index (χ4v) is 3.88. The van der Waals surface area contributed by atoms with E-state index in [9.17, 15) is 13.2 Å². The summed E-state index contributed by atoms with van der Waals surface area (Å²) in [6.07, 6.45) is 1.13. The molecule has 0 aliphatic heterocycles. The predicted molar refractivity (Wildman–Crippen MR) is 90.3 cm³/mol. The van der Waals surface area contributed by atoms with Gasteiger partial charge in [0.25, 0.3) is 0 Å². The molecule has 0 saturated heterocycles. The fourth-order valence-electron chi connectivity index (χ4n) is 2.74. The van der Waals surface area contributed by atoms with Crippen LogP contribution in [0.25, 0.3) is 0 Å². The molecule has 1 aliphatic rings. The van der Waals surface area contributed by atoms with E-state index in [0.29, 0.717) is 23.2 Å². The van der Waals surface area contributed by atoms with Crippen molar-refractivity contribution in [3.05, 3.63) is 53.5 Å². The van der Waals surface area contributed by atoms with Crippen molar-refractivity contribution in [1.82, 2.24) is 4.31 Å². The third-order valence-electron chi connectivity index (χ3n) is 4.50. The Morgan fingerprint density at radius 2 is 1.83 bits per heavy atom. The normalized spacial score (nSPS) is 20.3. The van der Waals surface area contributed by atoms with Crippen molar-refractivity contribution in [2.45, 2.75) is 37.6 Å². The van der Waals surface area contributed by atoms with Gasteiger partial charge in [-0.15, -0.1) is 0 Å². The summed E-state index contributed by atoms with van der Waals surface area (Å²) >= 11 is 0. The van der Waals surface area contributed by atoms with Crippen LogP contribution in [-0.2, 0) is 16.6 Å². The summed E-state index contributed by atoms with van der Waals surface area (Å²) in [4.78, 5) is 11.5.